The molecule has 0 saturated carbocycles. The Morgan fingerprint density at radius 1 is 1.37 bits per heavy atom. The van der Waals surface area contributed by atoms with Crippen LogP contribution in [0.1, 0.15) is 49.2 Å². The number of methoxy groups -OCH3 is 1. The fraction of sp³-hybridized carbons (Fsp3) is 0.562. The second-order valence-electron chi connectivity index (χ2n) is 7.26. The largest absolute Gasteiger partial charge is 0.465 e. The van der Waals surface area contributed by atoms with Gasteiger partial charge in [-0.25, -0.2) is 22.0 Å². The third kappa shape index (κ3) is 3.93. The fourth-order valence-corrected chi connectivity index (χ4v) is 4.47. The highest BCUT2D eigenvalue weighted by molar-refractivity contribution is 7.90. The van der Waals surface area contributed by atoms with Crippen LogP contribution >= 0.6 is 0 Å². The lowest BCUT2D eigenvalue weighted by Gasteiger charge is -2.30. The topological polar surface area (TPSA) is 107 Å². The maximum absolute atomic E-state index is 14.1. The molecule has 0 aromatic heterocycles. The van der Waals surface area contributed by atoms with Gasteiger partial charge in [-0.2, -0.15) is 4.31 Å². The van der Waals surface area contributed by atoms with Gasteiger partial charge in [-0.05, 0) is 32.9 Å². The minimum atomic E-state index is -4.21. The van der Waals surface area contributed by atoms with Crippen LogP contribution in [0.4, 0.5) is 14.5 Å². The summed E-state index contributed by atoms with van der Waals surface area (Å²) >= 11 is 0. The standard InChI is InChI=1S/C16H20F2N2O6S/c1-15(2,3)27(24,25)19-9-16(17,18)8-13(19)11-7-10(14(21)26-4)5-6-12(11)20(22)23/h5-7,13H,8-9H2,1-4H3/t13-/m0/s1. The first-order valence-corrected chi connectivity index (χ1v) is 9.41. The molecule has 0 unspecified atom stereocenters. The molecule has 0 radical (unpaired) electrons. The number of benzene rings is 1. The Bertz CT molecular complexity index is 879. The van der Waals surface area contributed by atoms with E-state index in [0.29, 0.717) is 4.31 Å². The molecule has 0 spiro atoms. The Kier molecular flexibility index (Phi) is 5.32. The van der Waals surface area contributed by atoms with Crippen molar-refractivity contribution in [1.29, 1.82) is 0 Å². The van der Waals surface area contributed by atoms with Gasteiger partial charge in [0.25, 0.3) is 11.6 Å². The normalized spacial score (nSPS) is 20.4. The zero-order chi connectivity index (χ0) is 20.8. The van der Waals surface area contributed by atoms with E-state index < -0.39 is 56.3 Å². The van der Waals surface area contributed by atoms with Gasteiger partial charge in [-0.1, -0.05) is 0 Å². The lowest BCUT2D eigenvalue weighted by molar-refractivity contribution is -0.385. The number of sulfonamides is 1. The van der Waals surface area contributed by atoms with Crippen molar-refractivity contribution in [3.63, 3.8) is 0 Å². The van der Waals surface area contributed by atoms with Crippen LogP contribution < -0.4 is 0 Å². The lowest BCUT2D eigenvalue weighted by atomic mass is 9.99. The van der Waals surface area contributed by atoms with E-state index in [4.69, 9.17) is 0 Å². The lowest BCUT2D eigenvalue weighted by Crippen LogP contribution is -2.43. The van der Waals surface area contributed by atoms with Crippen molar-refractivity contribution in [2.24, 2.45) is 0 Å². The zero-order valence-corrected chi connectivity index (χ0v) is 16.0. The summed E-state index contributed by atoms with van der Waals surface area (Å²) in [5.74, 6) is -4.18. The molecule has 27 heavy (non-hydrogen) atoms. The third-order valence-electron chi connectivity index (χ3n) is 4.31. The number of carbonyl (C=O) groups excluding carboxylic acids is 1. The van der Waals surface area contributed by atoms with Crippen LogP contribution in [0, 0.1) is 10.1 Å². The van der Waals surface area contributed by atoms with E-state index in [1.54, 1.807) is 0 Å². The molecule has 1 saturated heterocycles. The summed E-state index contributed by atoms with van der Waals surface area (Å²) in [5, 5.41) is 11.4. The first kappa shape index (κ1) is 21.2. The minimum Gasteiger partial charge on any atom is -0.465 e. The van der Waals surface area contributed by atoms with Crippen LogP contribution in [0.25, 0.3) is 0 Å². The molecule has 1 fully saturated rings. The molecule has 0 bridgehead atoms. The van der Waals surface area contributed by atoms with Crippen LogP contribution in [-0.4, -0.2) is 47.9 Å². The molecule has 1 aliphatic rings. The Labute approximate surface area is 155 Å². The van der Waals surface area contributed by atoms with Crippen LogP contribution in [0.15, 0.2) is 18.2 Å². The molecule has 150 valence electrons. The van der Waals surface area contributed by atoms with Crippen molar-refractivity contribution in [3.05, 3.63) is 39.4 Å². The summed E-state index contributed by atoms with van der Waals surface area (Å²) in [6, 6.07) is 1.68. The van der Waals surface area contributed by atoms with Gasteiger partial charge in [0.1, 0.15) is 0 Å². The SMILES string of the molecule is COC(=O)c1ccc([N+](=O)[O-])c([C@@H]2CC(F)(F)CN2S(=O)(=O)C(C)(C)C)c1. The molecule has 2 rings (SSSR count). The van der Waals surface area contributed by atoms with Gasteiger partial charge in [0.15, 0.2) is 0 Å². The van der Waals surface area contributed by atoms with E-state index in [2.05, 4.69) is 4.74 Å². The summed E-state index contributed by atoms with van der Waals surface area (Å²) < 4.78 is 57.7. The maximum atomic E-state index is 14.1. The quantitative estimate of drug-likeness (QED) is 0.432. The number of ether oxygens (including phenoxy) is 1. The van der Waals surface area contributed by atoms with Crippen molar-refractivity contribution >= 4 is 21.7 Å². The molecule has 1 atom stereocenters. The second-order valence-corrected chi connectivity index (χ2v) is 9.90. The first-order valence-electron chi connectivity index (χ1n) is 7.97. The Hall–Kier alpha value is -2.14. The van der Waals surface area contributed by atoms with E-state index in [0.717, 1.165) is 25.3 Å². The smallest absolute Gasteiger partial charge is 0.337 e. The summed E-state index contributed by atoms with van der Waals surface area (Å²) in [5.41, 5.74) is -0.909. The number of nitro benzene ring substituents is 1. The first-order chi connectivity index (χ1) is 12.2. The molecule has 1 aliphatic heterocycles. The van der Waals surface area contributed by atoms with Gasteiger partial charge in [0, 0.05) is 18.1 Å². The van der Waals surface area contributed by atoms with Gasteiger partial charge in [-0.15, -0.1) is 0 Å². The molecular formula is C16H20F2N2O6S. The van der Waals surface area contributed by atoms with Crippen molar-refractivity contribution in [2.75, 3.05) is 13.7 Å². The van der Waals surface area contributed by atoms with E-state index in [1.165, 1.54) is 20.8 Å². The fourth-order valence-electron chi connectivity index (χ4n) is 2.89. The van der Waals surface area contributed by atoms with E-state index in [9.17, 15) is 32.1 Å². The van der Waals surface area contributed by atoms with Crippen molar-refractivity contribution in [3.8, 4) is 0 Å². The van der Waals surface area contributed by atoms with E-state index >= 15 is 0 Å². The van der Waals surface area contributed by atoms with Crippen molar-refractivity contribution in [2.45, 2.75) is 43.9 Å². The van der Waals surface area contributed by atoms with Gasteiger partial charge < -0.3 is 4.74 Å². The Balaban J connectivity index is 2.69. The predicted molar refractivity (Wildman–Crippen MR) is 92.1 cm³/mol. The molecule has 0 N–H and O–H groups in total. The number of hydrogen-bond acceptors (Lipinski definition) is 6. The van der Waals surface area contributed by atoms with Crippen LogP contribution in [0.5, 0.6) is 0 Å². The van der Waals surface area contributed by atoms with Crippen LogP contribution in [0.2, 0.25) is 0 Å². The Morgan fingerprint density at radius 3 is 2.44 bits per heavy atom. The van der Waals surface area contributed by atoms with Crippen LogP contribution in [0.3, 0.4) is 0 Å². The molecule has 8 nitrogen and oxygen atoms in total. The van der Waals surface area contributed by atoms with Gasteiger partial charge >= 0.3 is 5.97 Å². The minimum absolute atomic E-state index is 0.0959. The van der Waals surface area contributed by atoms with Crippen molar-refractivity contribution < 1.29 is 31.7 Å². The second kappa shape index (κ2) is 6.79. The molecule has 11 heteroatoms. The molecule has 1 heterocycles. The number of esters is 1. The van der Waals surface area contributed by atoms with Gasteiger partial charge in [0.05, 0.1) is 34.9 Å². The number of halogens is 2. The highest BCUT2D eigenvalue weighted by Crippen LogP contribution is 2.47. The number of rotatable bonds is 4. The van der Waals surface area contributed by atoms with Crippen LogP contribution in [-0.2, 0) is 14.8 Å². The molecular weight excluding hydrogens is 386 g/mol. The maximum Gasteiger partial charge on any atom is 0.337 e. The average Bonchev–Trinajstić information content (AvgIpc) is 2.88. The number of alkyl halides is 2. The van der Waals surface area contributed by atoms with Crippen molar-refractivity contribution in [1.82, 2.24) is 4.31 Å². The highest BCUT2D eigenvalue weighted by atomic mass is 32.2. The number of nitrogens with zero attached hydrogens (tertiary/aromatic N) is 2. The monoisotopic (exact) mass is 406 g/mol. The summed E-state index contributed by atoms with van der Waals surface area (Å²) in [6.07, 6.45) is -0.923. The molecule has 1 aromatic rings. The zero-order valence-electron chi connectivity index (χ0n) is 15.2. The molecule has 1 aromatic carbocycles. The summed E-state index contributed by atoms with van der Waals surface area (Å²) in [6.45, 7) is 2.98. The number of nitro groups is 1. The van der Waals surface area contributed by atoms with Gasteiger partial charge in [-0.3, -0.25) is 10.1 Å². The van der Waals surface area contributed by atoms with E-state index in [1.807, 2.05) is 0 Å². The number of hydrogen-bond donors (Lipinski definition) is 0. The molecule has 0 aliphatic carbocycles. The van der Waals surface area contributed by atoms with Gasteiger partial charge in [0.2, 0.25) is 10.0 Å². The number of carbonyl (C=O) groups is 1. The molecule has 0 amide bonds. The Morgan fingerprint density at radius 2 is 1.96 bits per heavy atom. The third-order valence-corrected chi connectivity index (χ3v) is 6.86. The highest BCUT2D eigenvalue weighted by Gasteiger charge is 2.54. The summed E-state index contributed by atoms with van der Waals surface area (Å²) in [4.78, 5) is 22.3. The predicted octanol–water partition coefficient (Wildman–Crippen LogP) is 2.89. The van der Waals surface area contributed by atoms with E-state index in [-0.39, 0.29) is 11.1 Å². The average molecular weight is 406 g/mol. The summed E-state index contributed by atoms with van der Waals surface area (Å²) in [7, 11) is -3.11.